The summed E-state index contributed by atoms with van der Waals surface area (Å²) in [7, 11) is 4.84. The summed E-state index contributed by atoms with van der Waals surface area (Å²) in [5.41, 5.74) is 0. The molecule has 0 aromatic heterocycles. The minimum absolute atomic E-state index is 1.48. The molecule has 0 rings (SSSR count). The van der Waals surface area contributed by atoms with Gasteiger partial charge in [-0.05, 0) is 25.9 Å². The van der Waals surface area contributed by atoms with Crippen molar-refractivity contribution in [3.63, 3.8) is 0 Å². The van der Waals surface area contributed by atoms with E-state index in [1.54, 1.807) is 20.6 Å². The quantitative estimate of drug-likeness (QED) is 0.467. The average Bonchev–Trinajstić information content (AvgIpc) is 1.41. The molecule has 0 atom stereocenters. The summed E-state index contributed by atoms with van der Waals surface area (Å²) in [6.07, 6.45) is 2.02. The van der Waals surface area contributed by atoms with E-state index in [-0.39, 0.29) is 0 Å². The first-order valence-electron chi connectivity index (χ1n) is 0.924. The molecule has 0 unspecified atom stereocenters. The Balaban J connectivity index is 2.19. The fraction of sp³-hybridized carbons (Fsp3) is 1.00. The fourth-order valence-electron chi connectivity index (χ4n) is 0.0304. The maximum absolute atomic E-state index is 3.86. The molecule has 0 heterocycles. The van der Waals surface area contributed by atoms with Crippen molar-refractivity contribution in [2.75, 3.05) is 6.26 Å². The summed E-state index contributed by atoms with van der Waals surface area (Å²) in [4.78, 5) is 0. The normalized spacial score (nSPS) is 8.40. The van der Waals surface area contributed by atoms with Gasteiger partial charge in [-0.3, -0.25) is 0 Å². The Bertz CT molecular complexity index is 11.1. The Morgan fingerprint density at radius 1 is 1.60 bits per heavy atom. The predicted molar refractivity (Wildman–Crippen MR) is 37.7 cm³/mol. The van der Waals surface area contributed by atoms with Crippen LogP contribution in [-0.4, -0.2) is 6.26 Å². The maximum atomic E-state index is 3.86. The lowest BCUT2D eigenvalue weighted by molar-refractivity contribution is 2.55. The van der Waals surface area contributed by atoms with Crippen LogP contribution in [0.1, 0.15) is 0 Å². The van der Waals surface area contributed by atoms with Gasteiger partial charge in [-0.25, -0.2) is 0 Å². The Labute approximate surface area is 48.5 Å². The van der Waals surface area contributed by atoms with Crippen LogP contribution in [0.4, 0.5) is 0 Å². The summed E-state index contributed by atoms with van der Waals surface area (Å²) in [5.74, 6) is 0. The fourth-order valence-corrected chi connectivity index (χ4v) is 2.46. The van der Waals surface area contributed by atoms with Gasteiger partial charge in [0.1, 0.15) is 0 Å². The molecule has 0 amide bonds. The predicted octanol–water partition coefficient (Wildman–Crippen LogP) is 2.49. The first-order chi connectivity index (χ1) is 2.41. The first kappa shape index (κ1) is 6.40. The Hall–Kier alpha value is 1.40. The van der Waals surface area contributed by atoms with Gasteiger partial charge in [-0.1, -0.05) is 22.5 Å². The van der Waals surface area contributed by atoms with Crippen molar-refractivity contribution in [3.05, 3.63) is 0 Å². The largest absolute Gasteiger partial charge is 0.0989 e. The van der Waals surface area contributed by atoms with E-state index in [2.05, 4.69) is 11.7 Å². The molecule has 0 aromatic rings. The van der Waals surface area contributed by atoms with Gasteiger partial charge >= 0.3 is 0 Å². The number of thiol groups is 1. The molecule has 0 aromatic carbocycles. The molecule has 0 radical (unpaired) electrons. The molecule has 0 saturated carbocycles. The highest BCUT2D eigenvalue weighted by molar-refractivity contribution is 9.23. The van der Waals surface area contributed by atoms with E-state index in [4.69, 9.17) is 0 Å². The molecular formula is CH4S4. The molecule has 0 saturated heterocycles. The van der Waals surface area contributed by atoms with Crippen molar-refractivity contribution in [2.24, 2.45) is 0 Å². The molecule has 0 fully saturated rings. The van der Waals surface area contributed by atoms with E-state index in [9.17, 15) is 0 Å². The third kappa shape index (κ3) is 5.40. The first-order valence-corrected chi connectivity index (χ1v) is 5.87. The molecule has 0 N–H and O–H groups in total. The highest BCUT2D eigenvalue weighted by Crippen LogP contribution is 2.34. The second-order valence-corrected chi connectivity index (χ2v) is 5.35. The van der Waals surface area contributed by atoms with Crippen LogP contribution >= 0.6 is 42.1 Å². The summed E-state index contributed by atoms with van der Waals surface area (Å²) >= 11 is 3.86. The second-order valence-electron chi connectivity index (χ2n) is 0.309. The molecule has 5 heavy (non-hydrogen) atoms. The van der Waals surface area contributed by atoms with Gasteiger partial charge in [0, 0.05) is 0 Å². The van der Waals surface area contributed by atoms with Crippen LogP contribution in [-0.2, 0) is 0 Å². The van der Waals surface area contributed by atoms with Gasteiger partial charge in [-0.2, -0.15) is 0 Å². The molecule has 0 spiro atoms. The van der Waals surface area contributed by atoms with Gasteiger partial charge < -0.3 is 0 Å². The lowest BCUT2D eigenvalue weighted by Crippen LogP contribution is -1.22. The standard InChI is InChI=1S/CH4S4/c1-3-5-4-2/h2H,1H3. The van der Waals surface area contributed by atoms with E-state index >= 15 is 0 Å². The Kier molecular flexibility index (Phi) is 6.91. The monoisotopic (exact) mass is 144 g/mol. The number of rotatable bonds is 2. The number of hydrogen-bond acceptors (Lipinski definition) is 4. The zero-order chi connectivity index (χ0) is 4.12. The maximum Gasteiger partial charge on any atom is -0.00707 e. The van der Waals surface area contributed by atoms with E-state index in [1.165, 1.54) is 9.83 Å². The van der Waals surface area contributed by atoms with Crippen LogP contribution in [0.3, 0.4) is 0 Å². The zero-order valence-electron chi connectivity index (χ0n) is 2.67. The smallest absolute Gasteiger partial charge is 0.00707 e. The van der Waals surface area contributed by atoms with Gasteiger partial charge in [0.05, 0.1) is 0 Å². The molecule has 0 aliphatic carbocycles. The summed E-state index contributed by atoms with van der Waals surface area (Å²) in [5, 5.41) is 0. The van der Waals surface area contributed by atoms with Crippen molar-refractivity contribution in [3.8, 4) is 0 Å². The lowest BCUT2D eigenvalue weighted by Gasteiger charge is -1.77. The van der Waals surface area contributed by atoms with E-state index in [0.29, 0.717) is 0 Å². The number of hydrogen-bond donors (Lipinski definition) is 1. The molecule has 4 heteroatoms. The van der Waals surface area contributed by atoms with E-state index in [0.717, 1.165) is 0 Å². The highest BCUT2D eigenvalue weighted by atomic mass is 33.7. The molecule has 0 aliphatic heterocycles. The summed E-state index contributed by atoms with van der Waals surface area (Å²) in [6, 6.07) is 0. The van der Waals surface area contributed by atoms with Gasteiger partial charge in [0.15, 0.2) is 0 Å². The third-order valence-corrected chi connectivity index (χ3v) is 4.30. The average molecular weight is 144 g/mol. The SMILES string of the molecule is CSSSS. The second kappa shape index (κ2) is 5.40. The van der Waals surface area contributed by atoms with Crippen molar-refractivity contribution in [2.45, 2.75) is 0 Å². The van der Waals surface area contributed by atoms with Crippen LogP contribution in [0.2, 0.25) is 0 Å². The lowest BCUT2D eigenvalue weighted by atomic mass is 12.0. The minimum atomic E-state index is 1.48. The van der Waals surface area contributed by atoms with Gasteiger partial charge in [0.25, 0.3) is 0 Å². The molecule has 0 nitrogen and oxygen atoms in total. The highest BCUT2D eigenvalue weighted by Gasteiger charge is 1.70. The Morgan fingerprint density at radius 2 is 2.20 bits per heavy atom. The van der Waals surface area contributed by atoms with E-state index < -0.39 is 0 Å². The van der Waals surface area contributed by atoms with Crippen LogP contribution in [0, 0.1) is 0 Å². The van der Waals surface area contributed by atoms with Gasteiger partial charge in [-0.15, -0.1) is 0 Å². The van der Waals surface area contributed by atoms with Crippen molar-refractivity contribution in [1.82, 2.24) is 0 Å². The zero-order valence-corrected chi connectivity index (χ0v) is 6.02. The third-order valence-electron chi connectivity index (χ3n) is 0.0985. The Morgan fingerprint density at radius 3 is 2.20 bits per heavy atom. The topological polar surface area (TPSA) is 0 Å². The van der Waals surface area contributed by atoms with Crippen molar-refractivity contribution in [1.29, 1.82) is 0 Å². The summed E-state index contributed by atoms with van der Waals surface area (Å²) in [6.45, 7) is 0. The van der Waals surface area contributed by atoms with Crippen molar-refractivity contribution < 1.29 is 0 Å². The van der Waals surface area contributed by atoms with E-state index in [1.807, 2.05) is 6.26 Å². The molecule has 0 aliphatic rings. The van der Waals surface area contributed by atoms with Crippen LogP contribution in [0.15, 0.2) is 0 Å². The van der Waals surface area contributed by atoms with Crippen LogP contribution in [0.5, 0.6) is 0 Å². The minimum Gasteiger partial charge on any atom is -0.0989 e. The molecular weight excluding hydrogens is 140 g/mol. The van der Waals surface area contributed by atoms with Gasteiger partial charge in [0.2, 0.25) is 0 Å². The van der Waals surface area contributed by atoms with Crippen molar-refractivity contribution >= 4 is 42.1 Å². The van der Waals surface area contributed by atoms with Crippen LogP contribution in [0.25, 0.3) is 0 Å². The van der Waals surface area contributed by atoms with Crippen LogP contribution < -0.4 is 0 Å². The molecule has 0 bridgehead atoms. The summed E-state index contributed by atoms with van der Waals surface area (Å²) < 4.78 is 0. The molecule has 32 valence electrons.